The Bertz CT molecular complexity index is 478. The second-order valence-corrected chi connectivity index (χ2v) is 6.11. The maximum atomic E-state index is 12.3. The van der Waals surface area contributed by atoms with Crippen molar-refractivity contribution in [3.63, 3.8) is 0 Å². The van der Waals surface area contributed by atoms with Crippen LogP contribution in [0.25, 0.3) is 0 Å². The zero-order valence-corrected chi connectivity index (χ0v) is 12.9. The fourth-order valence-corrected chi connectivity index (χ4v) is 2.98. The van der Waals surface area contributed by atoms with Crippen molar-refractivity contribution in [2.75, 3.05) is 25.9 Å². The normalized spacial score (nSPS) is 24.2. The van der Waals surface area contributed by atoms with Crippen LogP contribution in [0.2, 0.25) is 0 Å². The summed E-state index contributed by atoms with van der Waals surface area (Å²) in [4.78, 5) is 14.6. The van der Waals surface area contributed by atoms with Crippen molar-refractivity contribution >= 4 is 27.5 Å². The standard InChI is InChI=1S/C14H20BrN3O/c1-9-8-18(2)7-6-12(9)17-14(19)10-4-3-5-11(16)13(10)15/h3-5,9,12H,6-8,16H2,1-2H3,(H,17,19). The van der Waals surface area contributed by atoms with Crippen molar-refractivity contribution < 1.29 is 4.79 Å². The molecular weight excluding hydrogens is 306 g/mol. The zero-order chi connectivity index (χ0) is 14.0. The first-order chi connectivity index (χ1) is 8.99. The number of nitrogens with one attached hydrogen (secondary N) is 1. The van der Waals surface area contributed by atoms with Gasteiger partial charge in [0.2, 0.25) is 0 Å². The second-order valence-electron chi connectivity index (χ2n) is 5.32. The van der Waals surface area contributed by atoms with Gasteiger partial charge in [0.1, 0.15) is 0 Å². The van der Waals surface area contributed by atoms with Crippen LogP contribution in [0.15, 0.2) is 22.7 Å². The smallest absolute Gasteiger partial charge is 0.252 e. The number of anilines is 1. The highest BCUT2D eigenvalue weighted by molar-refractivity contribution is 9.10. The molecule has 1 saturated heterocycles. The van der Waals surface area contributed by atoms with Gasteiger partial charge in [-0.15, -0.1) is 0 Å². The van der Waals surface area contributed by atoms with Crippen molar-refractivity contribution in [2.45, 2.75) is 19.4 Å². The van der Waals surface area contributed by atoms with Crippen molar-refractivity contribution in [3.05, 3.63) is 28.2 Å². The van der Waals surface area contributed by atoms with Crippen LogP contribution in [0.1, 0.15) is 23.7 Å². The molecule has 0 aliphatic carbocycles. The van der Waals surface area contributed by atoms with E-state index in [2.05, 4.69) is 40.1 Å². The first kappa shape index (κ1) is 14.3. The third kappa shape index (κ3) is 3.28. The molecule has 1 amide bonds. The van der Waals surface area contributed by atoms with Gasteiger partial charge >= 0.3 is 0 Å². The van der Waals surface area contributed by atoms with Gasteiger partial charge in [0.05, 0.1) is 10.0 Å². The molecule has 4 nitrogen and oxygen atoms in total. The molecule has 1 aliphatic heterocycles. The van der Waals surface area contributed by atoms with Crippen LogP contribution in [0.4, 0.5) is 5.69 Å². The first-order valence-corrected chi connectivity index (χ1v) is 7.31. The Labute approximate surface area is 122 Å². The summed E-state index contributed by atoms with van der Waals surface area (Å²) in [5.41, 5.74) is 6.99. The number of nitrogen functional groups attached to an aromatic ring is 1. The lowest BCUT2D eigenvalue weighted by atomic mass is 9.94. The van der Waals surface area contributed by atoms with E-state index in [1.165, 1.54) is 0 Å². The highest BCUT2D eigenvalue weighted by atomic mass is 79.9. The van der Waals surface area contributed by atoms with E-state index in [1.54, 1.807) is 18.2 Å². The summed E-state index contributed by atoms with van der Waals surface area (Å²) in [6.45, 7) is 4.21. The summed E-state index contributed by atoms with van der Waals surface area (Å²) in [5, 5.41) is 3.12. The maximum Gasteiger partial charge on any atom is 0.252 e. The third-order valence-corrected chi connectivity index (χ3v) is 4.58. The van der Waals surface area contributed by atoms with Crippen molar-refractivity contribution in [2.24, 2.45) is 5.92 Å². The molecule has 5 heteroatoms. The van der Waals surface area contributed by atoms with Gasteiger partial charge in [-0.05, 0) is 54.0 Å². The van der Waals surface area contributed by atoms with Gasteiger partial charge in [0.15, 0.2) is 0 Å². The van der Waals surface area contributed by atoms with Crippen LogP contribution >= 0.6 is 15.9 Å². The molecule has 0 aromatic heterocycles. The molecule has 1 aliphatic rings. The zero-order valence-electron chi connectivity index (χ0n) is 11.3. The first-order valence-electron chi connectivity index (χ1n) is 6.52. The predicted molar refractivity (Wildman–Crippen MR) is 81.1 cm³/mol. The number of amides is 1. The van der Waals surface area contributed by atoms with Gasteiger partial charge in [-0.2, -0.15) is 0 Å². The molecule has 104 valence electrons. The summed E-state index contributed by atoms with van der Waals surface area (Å²) in [5.74, 6) is 0.406. The van der Waals surface area contributed by atoms with Crippen molar-refractivity contribution in [1.29, 1.82) is 0 Å². The number of hydrogen-bond donors (Lipinski definition) is 2. The minimum Gasteiger partial charge on any atom is -0.398 e. The number of likely N-dealkylation sites (tertiary alicyclic amines) is 1. The molecule has 2 rings (SSSR count). The molecular formula is C14H20BrN3O. The highest BCUT2D eigenvalue weighted by Crippen LogP contribution is 2.24. The quantitative estimate of drug-likeness (QED) is 0.819. The van der Waals surface area contributed by atoms with Gasteiger partial charge in [-0.25, -0.2) is 0 Å². The lowest BCUT2D eigenvalue weighted by Crippen LogP contribution is -2.48. The monoisotopic (exact) mass is 325 g/mol. The number of rotatable bonds is 2. The molecule has 1 heterocycles. The summed E-state index contributed by atoms with van der Waals surface area (Å²) in [6, 6.07) is 5.60. The van der Waals surface area contributed by atoms with Crippen molar-refractivity contribution in [1.82, 2.24) is 10.2 Å². The minimum atomic E-state index is -0.0550. The largest absolute Gasteiger partial charge is 0.398 e. The number of nitrogens with zero attached hydrogens (tertiary/aromatic N) is 1. The molecule has 2 unspecified atom stereocenters. The Morgan fingerprint density at radius 1 is 1.53 bits per heavy atom. The highest BCUT2D eigenvalue weighted by Gasteiger charge is 2.26. The Hall–Kier alpha value is -1.07. The lowest BCUT2D eigenvalue weighted by molar-refractivity contribution is 0.0883. The van der Waals surface area contributed by atoms with Crippen molar-refractivity contribution in [3.8, 4) is 0 Å². The van der Waals surface area contributed by atoms with Crippen LogP contribution in [0.5, 0.6) is 0 Å². The topological polar surface area (TPSA) is 58.4 Å². The number of halogens is 1. The number of carbonyl (C=O) groups is 1. The second kappa shape index (κ2) is 5.92. The number of carbonyl (C=O) groups excluding carboxylic acids is 1. The Balaban J connectivity index is 2.07. The number of hydrogen-bond acceptors (Lipinski definition) is 3. The molecule has 1 fully saturated rings. The molecule has 0 radical (unpaired) electrons. The van der Waals surface area contributed by atoms with Crippen LogP contribution < -0.4 is 11.1 Å². The Morgan fingerprint density at radius 3 is 2.95 bits per heavy atom. The number of nitrogens with two attached hydrogens (primary N) is 1. The van der Waals surface area contributed by atoms with Gasteiger partial charge in [0.25, 0.3) is 5.91 Å². The third-order valence-electron chi connectivity index (χ3n) is 3.70. The van der Waals surface area contributed by atoms with Crippen LogP contribution in [0, 0.1) is 5.92 Å². The molecule has 2 atom stereocenters. The van der Waals surface area contributed by atoms with E-state index in [0.717, 1.165) is 19.5 Å². The van der Waals surface area contributed by atoms with Gasteiger partial charge in [-0.3, -0.25) is 4.79 Å². The van der Waals surface area contributed by atoms with Gasteiger partial charge in [0, 0.05) is 18.3 Å². The molecule has 0 saturated carbocycles. The molecule has 0 bridgehead atoms. The van der Waals surface area contributed by atoms with E-state index >= 15 is 0 Å². The summed E-state index contributed by atoms with van der Waals surface area (Å²) in [6.07, 6.45) is 0.989. The lowest BCUT2D eigenvalue weighted by Gasteiger charge is -2.35. The summed E-state index contributed by atoms with van der Waals surface area (Å²) < 4.78 is 0.674. The average Bonchev–Trinajstić information content (AvgIpc) is 2.36. The van der Waals surface area contributed by atoms with Gasteiger partial charge < -0.3 is 16.0 Å². The van der Waals surface area contributed by atoms with E-state index < -0.39 is 0 Å². The minimum absolute atomic E-state index is 0.0550. The summed E-state index contributed by atoms with van der Waals surface area (Å²) in [7, 11) is 2.11. The van der Waals surface area contributed by atoms with E-state index in [0.29, 0.717) is 21.6 Å². The molecule has 3 N–H and O–H groups in total. The fraction of sp³-hybridized carbons (Fsp3) is 0.500. The van der Waals surface area contributed by atoms with E-state index in [-0.39, 0.29) is 11.9 Å². The van der Waals surface area contributed by atoms with Gasteiger partial charge in [-0.1, -0.05) is 13.0 Å². The molecule has 19 heavy (non-hydrogen) atoms. The Morgan fingerprint density at radius 2 is 2.26 bits per heavy atom. The summed E-state index contributed by atoms with van der Waals surface area (Å²) >= 11 is 3.38. The molecule has 1 aromatic rings. The van der Waals surface area contributed by atoms with E-state index in [9.17, 15) is 4.79 Å². The van der Waals surface area contributed by atoms with Crippen LogP contribution in [-0.2, 0) is 0 Å². The fourth-order valence-electron chi connectivity index (χ4n) is 2.54. The molecule has 0 spiro atoms. The SMILES string of the molecule is CC1CN(C)CCC1NC(=O)c1cccc(N)c1Br. The van der Waals surface area contributed by atoms with E-state index in [4.69, 9.17) is 5.73 Å². The number of piperidine rings is 1. The maximum absolute atomic E-state index is 12.3. The molecule has 1 aromatic carbocycles. The average molecular weight is 326 g/mol. The number of benzene rings is 1. The predicted octanol–water partition coefficient (Wildman–Crippen LogP) is 2.10. The Kier molecular flexibility index (Phi) is 4.47. The van der Waals surface area contributed by atoms with Crippen LogP contribution in [-0.4, -0.2) is 37.0 Å². The van der Waals surface area contributed by atoms with E-state index in [1.807, 2.05) is 0 Å². The van der Waals surface area contributed by atoms with Crippen LogP contribution in [0.3, 0.4) is 0 Å².